The van der Waals surface area contributed by atoms with Gasteiger partial charge in [0.05, 0.1) is 11.9 Å². The summed E-state index contributed by atoms with van der Waals surface area (Å²) in [4.78, 5) is 13.3. The summed E-state index contributed by atoms with van der Waals surface area (Å²) in [7, 11) is -3.30. The number of hydrogen-bond acceptors (Lipinski definition) is 4. The van der Waals surface area contributed by atoms with Gasteiger partial charge in [0, 0.05) is 22.7 Å². The molecular weight excluding hydrogens is 344 g/mol. The number of thiophene rings is 1. The Labute approximate surface area is 145 Å². The minimum Gasteiger partial charge on any atom is -0.322 e. The zero-order valence-electron chi connectivity index (χ0n) is 13.4. The molecular formula is C17H18N2O3S2. The zero-order chi connectivity index (χ0) is 17.3. The van der Waals surface area contributed by atoms with Crippen LogP contribution in [-0.4, -0.2) is 27.1 Å². The molecule has 126 valence electrons. The highest BCUT2D eigenvalue weighted by atomic mass is 32.2. The molecule has 0 radical (unpaired) electrons. The number of amides is 1. The normalized spacial score (nSPS) is 14.6. The third-order valence-electron chi connectivity index (χ3n) is 3.86. The Hall–Kier alpha value is -2.12. The SMILES string of the molecule is C/C(=C\c1cccs1)C(=O)Nc1ccc2c(c1)N(S(C)(=O)=O)CC2. The Morgan fingerprint density at radius 1 is 1.33 bits per heavy atom. The van der Waals surface area contributed by atoms with Crippen LogP contribution in [0.25, 0.3) is 6.08 Å². The largest absolute Gasteiger partial charge is 0.322 e. The first kappa shape index (κ1) is 16.7. The second-order valence-electron chi connectivity index (χ2n) is 5.73. The molecule has 0 bridgehead atoms. The average Bonchev–Trinajstić information content (AvgIpc) is 3.15. The Morgan fingerprint density at radius 2 is 2.12 bits per heavy atom. The summed E-state index contributed by atoms with van der Waals surface area (Å²) in [6, 6.07) is 9.28. The van der Waals surface area contributed by atoms with E-state index in [9.17, 15) is 13.2 Å². The lowest BCUT2D eigenvalue weighted by atomic mass is 10.1. The van der Waals surface area contributed by atoms with E-state index in [0.29, 0.717) is 29.9 Å². The van der Waals surface area contributed by atoms with E-state index in [-0.39, 0.29) is 5.91 Å². The van der Waals surface area contributed by atoms with Gasteiger partial charge in [0.15, 0.2) is 0 Å². The van der Waals surface area contributed by atoms with E-state index in [0.717, 1.165) is 10.4 Å². The smallest absolute Gasteiger partial charge is 0.251 e. The van der Waals surface area contributed by atoms with Gasteiger partial charge >= 0.3 is 0 Å². The first-order chi connectivity index (χ1) is 11.3. The number of nitrogens with one attached hydrogen (secondary N) is 1. The second-order valence-corrected chi connectivity index (χ2v) is 8.61. The van der Waals surface area contributed by atoms with Gasteiger partial charge in [0.1, 0.15) is 0 Å². The summed E-state index contributed by atoms with van der Waals surface area (Å²) in [5, 5.41) is 4.79. The molecule has 5 nitrogen and oxygen atoms in total. The molecule has 1 aliphatic heterocycles. The van der Waals surface area contributed by atoms with Crippen LogP contribution in [0.15, 0.2) is 41.3 Å². The average molecular weight is 362 g/mol. The summed E-state index contributed by atoms with van der Waals surface area (Å²) in [6.45, 7) is 2.20. The highest BCUT2D eigenvalue weighted by Gasteiger charge is 2.26. The number of carbonyl (C=O) groups is 1. The number of nitrogens with zero attached hydrogens (tertiary/aromatic N) is 1. The van der Waals surface area contributed by atoms with Gasteiger partial charge in [-0.2, -0.15) is 0 Å². The van der Waals surface area contributed by atoms with E-state index >= 15 is 0 Å². The summed E-state index contributed by atoms with van der Waals surface area (Å²) < 4.78 is 25.1. The van der Waals surface area contributed by atoms with Crippen molar-refractivity contribution < 1.29 is 13.2 Å². The molecule has 0 aliphatic carbocycles. The molecule has 0 unspecified atom stereocenters. The minimum atomic E-state index is -3.30. The van der Waals surface area contributed by atoms with Crippen molar-refractivity contribution >= 4 is 44.7 Å². The second kappa shape index (κ2) is 6.41. The molecule has 3 rings (SSSR count). The van der Waals surface area contributed by atoms with Crippen molar-refractivity contribution in [3.05, 3.63) is 51.7 Å². The molecule has 1 aromatic carbocycles. The van der Waals surface area contributed by atoms with Gasteiger partial charge < -0.3 is 5.32 Å². The van der Waals surface area contributed by atoms with Crippen LogP contribution in [-0.2, 0) is 21.2 Å². The van der Waals surface area contributed by atoms with E-state index in [4.69, 9.17) is 0 Å². The van der Waals surface area contributed by atoms with E-state index < -0.39 is 10.0 Å². The van der Waals surface area contributed by atoms with Crippen LogP contribution in [0.3, 0.4) is 0 Å². The van der Waals surface area contributed by atoms with Crippen molar-refractivity contribution in [3.8, 4) is 0 Å². The van der Waals surface area contributed by atoms with Crippen molar-refractivity contribution in [1.82, 2.24) is 0 Å². The Morgan fingerprint density at radius 3 is 2.79 bits per heavy atom. The maximum absolute atomic E-state index is 12.3. The van der Waals surface area contributed by atoms with Crippen LogP contribution >= 0.6 is 11.3 Å². The van der Waals surface area contributed by atoms with Crippen LogP contribution in [0.5, 0.6) is 0 Å². The molecule has 1 N–H and O–H groups in total. The van der Waals surface area contributed by atoms with Crippen molar-refractivity contribution in [1.29, 1.82) is 0 Å². The lowest BCUT2D eigenvalue weighted by molar-refractivity contribution is -0.112. The van der Waals surface area contributed by atoms with Crippen LogP contribution in [0.4, 0.5) is 11.4 Å². The van der Waals surface area contributed by atoms with Gasteiger partial charge in [-0.15, -0.1) is 11.3 Å². The van der Waals surface area contributed by atoms with Gasteiger partial charge in [-0.3, -0.25) is 9.10 Å². The number of hydrogen-bond donors (Lipinski definition) is 1. The molecule has 2 heterocycles. The topological polar surface area (TPSA) is 66.5 Å². The Bertz CT molecular complexity index is 900. The van der Waals surface area contributed by atoms with Crippen molar-refractivity contribution in [3.63, 3.8) is 0 Å². The fraction of sp³-hybridized carbons (Fsp3) is 0.235. The first-order valence-electron chi connectivity index (χ1n) is 7.48. The molecule has 24 heavy (non-hydrogen) atoms. The van der Waals surface area contributed by atoms with E-state index in [1.165, 1.54) is 10.6 Å². The van der Waals surface area contributed by atoms with Crippen LogP contribution < -0.4 is 9.62 Å². The van der Waals surface area contributed by atoms with E-state index in [1.807, 2.05) is 29.7 Å². The number of fused-ring (bicyclic) bond motifs is 1. The zero-order valence-corrected chi connectivity index (χ0v) is 15.1. The number of anilines is 2. The fourth-order valence-corrected chi connectivity index (χ4v) is 4.32. The highest BCUT2D eigenvalue weighted by Crippen LogP contribution is 2.32. The lowest BCUT2D eigenvalue weighted by Gasteiger charge is -2.17. The summed E-state index contributed by atoms with van der Waals surface area (Å²) in [5.74, 6) is -0.202. The number of benzene rings is 1. The molecule has 0 fully saturated rings. The van der Waals surface area contributed by atoms with Gasteiger partial charge in [0.2, 0.25) is 10.0 Å². The van der Waals surface area contributed by atoms with Gasteiger partial charge in [-0.25, -0.2) is 8.42 Å². The maximum Gasteiger partial charge on any atom is 0.251 e. The molecule has 0 atom stereocenters. The van der Waals surface area contributed by atoms with Crippen LogP contribution in [0, 0.1) is 0 Å². The quantitative estimate of drug-likeness (QED) is 0.850. The van der Waals surface area contributed by atoms with E-state index in [2.05, 4.69) is 5.32 Å². The molecule has 0 spiro atoms. The molecule has 1 aromatic heterocycles. The molecule has 1 amide bonds. The summed E-state index contributed by atoms with van der Waals surface area (Å²) in [6.07, 6.45) is 3.71. The lowest BCUT2D eigenvalue weighted by Crippen LogP contribution is -2.27. The fourth-order valence-electron chi connectivity index (χ4n) is 2.65. The summed E-state index contributed by atoms with van der Waals surface area (Å²) in [5.41, 5.74) is 2.81. The minimum absolute atomic E-state index is 0.202. The van der Waals surface area contributed by atoms with Gasteiger partial charge in [-0.05, 0) is 48.6 Å². The van der Waals surface area contributed by atoms with Crippen molar-refractivity contribution in [2.45, 2.75) is 13.3 Å². The van der Waals surface area contributed by atoms with Crippen molar-refractivity contribution in [2.75, 3.05) is 22.4 Å². The van der Waals surface area contributed by atoms with E-state index in [1.54, 1.807) is 30.4 Å². The predicted octanol–water partition coefficient (Wildman–Crippen LogP) is 3.11. The van der Waals surface area contributed by atoms with Gasteiger partial charge in [0.25, 0.3) is 5.91 Å². The predicted molar refractivity (Wildman–Crippen MR) is 98.9 cm³/mol. The maximum atomic E-state index is 12.3. The third-order valence-corrected chi connectivity index (χ3v) is 5.86. The third kappa shape index (κ3) is 3.52. The summed E-state index contributed by atoms with van der Waals surface area (Å²) >= 11 is 1.56. The van der Waals surface area contributed by atoms with Crippen molar-refractivity contribution in [2.24, 2.45) is 0 Å². The number of carbonyl (C=O) groups excluding carboxylic acids is 1. The van der Waals surface area contributed by atoms with Crippen LogP contribution in [0.2, 0.25) is 0 Å². The molecule has 2 aromatic rings. The first-order valence-corrected chi connectivity index (χ1v) is 10.2. The number of sulfonamides is 1. The van der Waals surface area contributed by atoms with Gasteiger partial charge in [-0.1, -0.05) is 12.1 Å². The Kier molecular flexibility index (Phi) is 4.47. The number of rotatable bonds is 4. The van der Waals surface area contributed by atoms with Crippen LogP contribution in [0.1, 0.15) is 17.4 Å². The molecule has 0 saturated carbocycles. The monoisotopic (exact) mass is 362 g/mol. The Balaban J connectivity index is 1.81. The standard InChI is InChI=1S/C17H18N2O3S2/c1-12(10-15-4-3-9-23-15)17(20)18-14-6-5-13-7-8-19(16(13)11-14)24(2,21)22/h3-6,9-11H,7-8H2,1-2H3,(H,18,20)/b12-10+. The molecule has 7 heteroatoms. The molecule has 1 aliphatic rings. The highest BCUT2D eigenvalue weighted by molar-refractivity contribution is 7.92. The molecule has 0 saturated heterocycles.